The van der Waals surface area contributed by atoms with Crippen molar-refractivity contribution in [1.82, 2.24) is 0 Å². The molecule has 1 N–H and O–H groups in total. The summed E-state index contributed by atoms with van der Waals surface area (Å²) in [5.41, 5.74) is 0. The first kappa shape index (κ1) is 10.9. The molecule has 15 heavy (non-hydrogen) atoms. The second-order valence-electron chi connectivity index (χ2n) is 4.84. The third kappa shape index (κ3) is 2.71. The molecule has 1 aliphatic carbocycles. The Morgan fingerprint density at radius 1 is 1.33 bits per heavy atom. The summed E-state index contributed by atoms with van der Waals surface area (Å²) in [6.45, 7) is 0.876. The zero-order chi connectivity index (χ0) is 10.7. The van der Waals surface area contributed by atoms with Gasteiger partial charge in [-0.15, -0.1) is 0 Å². The summed E-state index contributed by atoms with van der Waals surface area (Å²) in [7, 11) is 0. The van der Waals surface area contributed by atoms with Gasteiger partial charge in [-0.25, -0.2) is 0 Å². The van der Waals surface area contributed by atoms with Crippen LogP contribution in [-0.4, -0.2) is 23.8 Å². The lowest BCUT2D eigenvalue weighted by Crippen LogP contribution is -2.38. The van der Waals surface area contributed by atoms with Crippen LogP contribution in [0.5, 0.6) is 0 Å². The fraction of sp³-hybridized carbons (Fsp3) is 0.917. The fourth-order valence-corrected chi connectivity index (χ4v) is 2.99. The van der Waals surface area contributed by atoms with Crippen molar-refractivity contribution in [2.45, 2.75) is 51.0 Å². The molecule has 0 bridgehead atoms. The molecule has 3 heteroatoms. The number of carboxylic acid groups (broad SMARTS) is 1. The molecule has 0 radical (unpaired) electrons. The lowest BCUT2D eigenvalue weighted by Gasteiger charge is -2.37. The highest BCUT2D eigenvalue weighted by Crippen LogP contribution is 2.39. The average Bonchev–Trinajstić information content (AvgIpc) is 2.60. The van der Waals surface area contributed by atoms with Crippen molar-refractivity contribution in [2.24, 2.45) is 11.8 Å². The summed E-state index contributed by atoms with van der Waals surface area (Å²) in [5, 5.41) is 8.74. The second kappa shape index (κ2) is 4.97. The minimum Gasteiger partial charge on any atom is -0.481 e. The van der Waals surface area contributed by atoms with Crippen LogP contribution in [0.25, 0.3) is 0 Å². The maximum absolute atomic E-state index is 10.6. The van der Waals surface area contributed by atoms with Crippen molar-refractivity contribution >= 4 is 5.97 Å². The Hall–Kier alpha value is -0.570. The van der Waals surface area contributed by atoms with E-state index in [1.165, 1.54) is 25.7 Å². The molecule has 3 nitrogen and oxygen atoms in total. The minimum atomic E-state index is -0.669. The van der Waals surface area contributed by atoms with E-state index in [4.69, 9.17) is 9.84 Å². The molecule has 1 saturated carbocycles. The third-order valence-corrected chi connectivity index (χ3v) is 3.91. The Morgan fingerprint density at radius 2 is 2.00 bits per heavy atom. The van der Waals surface area contributed by atoms with E-state index >= 15 is 0 Å². The quantitative estimate of drug-likeness (QED) is 0.761. The average molecular weight is 212 g/mol. The maximum Gasteiger partial charge on any atom is 0.303 e. The van der Waals surface area contributed by atoms with E-state index in [2.05, 4.69) is 0 Å². The van der Waals surface area contributed by atoms with Gasteiger partial charge in [-0.05, 0) is 24.7 Å². The fourth-order valence-electron chi connectivity index (χ4n) is 2.99. The van der Waals surface area contributed by atoms with Crippen molar-refractivity contribution in [1.29, 1.82) is 0 Å². The van der Waals surface area contributed by atoms with E-state index in [1.54, 1.807) is 0 Å². The van der Waals surface area contributed by atoms with E-state index in [1.807, 2.05) is 0 Å². The normalized spacial score (nSPS) is 28.7. The number of carboxylic acids is 1. The van der Waals surface area contributed by atoms with Crippen LogP contribution in [0, 0.1) is 11.8 Å². The Labute approximate surface area is 90.8 Å². The second-order valence-corrected chi connectivity index (χ2v) is 4.84. The lowest BCUT2D eigenvalue weighted by molar-refractivity contribution is -0.139. The SMILES string of the molecule is O=C(O)CCC(C1CCCC1)C1CCO1. The van der Waals surface area contributed by atoms with Crippen LogP contribution in [0.1, 0.15) is 44.9 Å². The predicted octanol–water partition coefficient (Wildman–Crippen LogP) is 2.45. The molecule has 0 amide bonds. The first-order chi connectivity index (χ1) is 7.27. The van der Waals surface area contributed by atoms with Gasteiger partial charge in [-0.2, -0.15) is 0 Å². The molecule has 2 atom stereocenters. The summed E-state index contributed by atoms with van der Waals surface area (Å²) < 4.78 is 5.54. The van der Waals surface area contributed by atoms with Crippen LogP contribution in [0.2, 0.25) is 0 Å². The highest BCUT2D eigenvalue weighted by molar-refractivity contribution is 5.66. The lowest BCUT2D eigenvalue weighted by atomic mass is 9.80. The van der Waals surface area contributed by atoms with Gasteiger partial charge in [0, 0.05) is 13.0 Å². The Bertz CT molecular complexity index is 217. The molecule has 2 unspecified atom stereocenters. The molecular formula is C12H20O3. The molecule has 1 aliphatic heterocycles. The summed E-state index contributed by atoms with van der Waals surface area (Å²) in [5.74, 6) is 0.573. The van der Waals surface area contributed by atoms with Gasteiger partial charge in [-0.1, -0.05) is 25.7 Å². The van der Waals surface area contributed by atoms with Gasteiger partial charge < -0.3 is 9.84 Å². The van der Waals surface area contributed by atoms with Crippen molar-refractivity contribution in [3.8, 4) is 0 Å². The van der Waals surface area contributed by atoms with Gasteiger partial charge in [0.15, 0.2) is 0 Å². The van der Waals surface area contributed by atoms with Crippen molar-refractivity contribution < 1.29 is 14.6 Å². The molecule has 2 aliphatic rings. The Morgan fingerprint density at radius 3 is 2.47 bits per heavy atom. The van der Waals surface area contributed by atoms with E-state index in [0.29, 0.717) is 18.4 Å². The van der Waals surface area contributed by atoms with Crippen LogP contribution >= 0.6 is 0 Å². The Balaban J connectivity index is 1.86. The van der Waals surface area contributed by atoms with Crippen LogP contribution in [0.3, 0.4) is 0 Å². The summed E-state index contributed by atoms with van der Waals surface area (Å²) in [6.07, 6.45) is 7.83. The molecular weight excluding hydrogens is 192 g/mol. The molecule has 2 fully saturated rings. The van der Waals surface area contributed by atoms with Gasteiger partial charge >= 0.3 is 5.97 Å². The maximum atomic E-state index is 10.6. The standard InChI is InChI=1S/C12H20O3/c13-12(14)6-5-10(11-7-8-15-11)9-3-1-2-4-9/h9-11H,1-8H2,(H,13,14). The summed E-state index contributed by atoms with van der Waals surface area (Å²) in [6, 6.07) is 0. The van der Waals surface area contributed by atoms with Crippen LogP contribution < -0.4 is 0 Å². The molecule has 0 aromatic rings. The highest BCUT2D eigenvalue weighted by Gasteiger charge is 2.35. The van der Waals surface area contributed by atoms with E-state index < -0.39 is 5.97 Å². The zero-order valence-electron chi connectivity index (χ0n) is 9.15. The van der Waals surface area contributed by atoms with E-state index in [9.17, 15) is 4.79 Å². The molecule has 0 aromatic heterocycles. The number of ether oxygens (including phenoxy) is 1. The topological polar surface area (TPSA) is 46.5 Å². The van der Waals surface area contributed by atoms with Crippen molar-refractivity contribution in [3.63, 3.8) is 0 Å². The van der Waals surface area contributed by atoms with Crippen LogP contribution in [-0.2, 0) is 9.53 Å². The van der Waals surface area contributed by atoms with Gasteiger partial charge in [0.25, 0.3) is 0 Å². The number of hydrogen-bond acceptors (Lipinski definition) is 2. The highest BCUT2D eigenvalue weighted by atomic mass is 16.5. The van der Waals surface area contributed by atoms with E-state index in [0.717, 1.165) is 25.4 Å². The van der Waals surface area contributed by atoms with Gasteiger partial charge in [0.05, 0.1) is 6.10 Å². The first-order valence-corrected chi connectivity index (χ1v) is 6.11. The molecule has 1 heterocycles. The first-order valence-electron chi connectivity index (χ1n) is 6.11. The largest absolute Gasteiger partial charge is 0.481 e. The molecule has 1 saturated heterocycles. The van der Waals surface area contributed by atoms with Crippen LogP contribution in [0.4, 0.5) is 0 Å². The smallest absolute Gasteiger partial charge is 0.303 e. The summed E-state index contributed by atoms with van der Waals surface area (Å²) >= 11 is 0. The van der Waals surface area contributed by atoms with Gasteiger partial charge in [0.2, 0.25) is 0 Å². The molecule has 2 rings (SSSR count). The van der Waals surface area contributed by atoms with Crippen molar-refractivity contribution in [2.75, 3.05) is 6.61 Å². The minimum absolute atomic E-state index is 0.307. The van der Waals surface area contributed by atoms with Gasteiger partial charge in [-0.3, -0.25) is 4.79 Å². The zero-order valence-corrected chi connectivity index (χ0v) is 9.15. The molecule has 0 spiro atoms. The monoisotopic (exact) mass is 212 g/mol. The number of aliphatic carboxylic acids is 1. The molecule has 86 valence electrons. The predicted molar refractivity (Wildman–Crippen MR) is 56.7 cm³/mol. The van der Waals surface area contributed by atoms with E-state index in [-0.39, 0.29) is 0 Å². The number of carbonyl (C=O) groups is 1. The number of rotatable bonds is 5. The third-order valence-electron chi connectivity index (χ3n) is 3.91. The Kier molecular flexibility index (Phi) is 3.62. The molecule has 0 aromatic carbocycles. The van der Waals surface area contributed by atoms with Crippen LogP contribution in [0.15, 0.2) is 0 Å². The number of hydrogen-bond donors (Lipinski definition) is 1. The van der Waals surface area contributed by atoms with Crippen molar-refractivity contribution in [3.05, 3.63) is 0 Å². The van der Waals surface area contributed by atoms with Gasteiger partial charge in [0.1, 0.15) is 0 Å². The summed E-state index contributed by atoms with van der Waals surface area (Å²) in [4.78, 5) is 10.6.